The molecule has 1 aliphatic heterocycles. The van der Waals surface area contributed by atoms with E-state index in [-0.39, 0.29) is 12.1 Å². The van der Waals surface area contributed by atoms with Gasteiger partial charge < -0.3 is 20.2 Å². The molecule has 10 nitrogen and oxygen atoms in total. The molecule has 2 aliphatic rings. The van der Waals surface area contributed by atoms with Gasteiger partial charge >= 0.3 is 0 Å². The second-order valence-corrected chi connectivity index (χ2v) is 10.8. The Bertz CT molecular complexity index is 1600. The molecule has 1 saturated heterocycles. The molecular formula is C29H34N8O2. The van der Waals surface area contributed by atoms with Crippen molar-refractivity contribution < 1.29 is 5.11 Å². The lowest BCUT2D eigenvalue weighted by Gasteiger charge is -2.39. The van der Waals surface area contributed by atoms with Gasteiger partial charge in [0.05, 0.1) is 12.2 Å². The van der Waals surface area contributed by atoms with Crippen LogP contribution >= 0.6 is 0 Å². The highest BCUT2D eigenvalue weighted by molar-refractivity contribution is 5.77. The van der Waals surface area contributed by atoms with Gasteiger partial charge in [-0.15, -0.1) is 6.58 Å². The normalized spacial score (nSPS) is 21.3. The number of aromatic nitrogens is 5. The van der Waals surface area contributed by atoms with E-state index < -0.39 is 5.60 Å². The van der Waals surface area contributed by atoms with Gasteiger partial charge in [-0.05, 0) is 69.6 Å². The topological polar surface area (TPSA) is 104 Å². The summed E-state index contributed by atoms with van der Waals surface area (Å²) in [7, 11) is 2.16. The number of pyridine rings is 1. The van der Waals surface area contributed by atoms with E-state index in [9.17, 15) is 9.90 Å². The lowest BCUT2D eigenvalue weighted by atomic mass is 10.0. The number of nitrogens with zero attached hydrogens (tertiary/aromatic N) is 7. The van der Waals surface area contributed by atoms with Crippen molar-refractivity contribution >= 4 is 28.4 Å². The molecule has 39 heavy (non-hydrogen) atoms. The second-order valence-electron chi connectivity index (χ2n) is 10.8. The van der Waals surface area contributed by atoms with Gasteiger partial charge in [0, 0.05) is 43.2 Å². The van der Waals surface area contributed by atoms with Crippen molar-refractivity contribution in [3.05, 3.63) is 76.9 Å². The van der Waals surface area contributed by atoms with Gasteiger partial charge in [-0.2, -0.15) is 4.98 Å². The Labute approximate surface area is 227 Å². The number of hydrogen-bond acceptors (Lipinski definition) is 8. The van der Waals surface area contributed by atoms with E-state index in [1.807, 2.05) is 24.3 Å². The molecule has 10 heteroatoms. The number of aliphatic hydroxyl groups is 1. The van der Waals surface area contributed by atoms with Crippen LogP contribution in [-0.2, 0) is 18.6 Å². The Hall–Kier alpha value is -4.02. The van der Waals surface area contributed by atoms with Crippen LogP contribution in [0.1, 0.15) is 31.5 Å². The number of likely N-dealkylation sites (N-methyl/N-ethyl adjacent to an activating group) is 1. The summed E-state index contributed by atoms with van der Waals surface area (Å²) in [5.74, 6) is 0.890. The molecule has 0 spiro atoms. The predicted molar refractivity (Wildman–Crippen MR) is 153 cm³/mol. The fraction of sp³-hybridized carbons (Fsp3) is 0.379. The average molecular weight is 527 g/mol. The Morgan fingerprint density at radius 1 is 1.18 bits per heavy atom. The lowest BCUT2D eigenvalue weighted by Crippen LogP contribution is -2.50. The van der Waals surface area contributed by atoms with E-state index in [0.29, 0.717) is 41.0 Å². The molecule has 0 unspecified atom stereocenters. The zero-order chi connectivity index (χ0) is 27.3. The van der Waals surface area contributed by atoms with Crippen molar-refractivity contribution in [1.29, 1.82) is 0 Å². The summed E-state index contributed by atoms with van der Waals surface area (Å²) in [5, 5.41) is 14.5. The molecule has 0 amide bonds. The highest BCUT2D eigenvalue weighted by Gasteiger charge is 2.34. The van der Waals surface area contributed by atoms with Crippen LogP contribution in [0.3, 0.4) is 0 Å². The number of benzene rings is 1. The SMILES string of the molecule is C=CCn1c(=O)c2cnc(Nc3ccc(N4CCN(C)C[C@@H]4C)cc3)nc2n1-c1ccc2c(n1)[C@](C)(O)CC2. The largest absolute Gasteiger partial charge is 0.384 e. The zero-order valence-corrected chi connectivity index (χ0v) is 22.6. The fourth-order valence-electron chi connectivity index (χ4n) is 5.76. The van der Waals surface area contributed by atoms with Crippen molar-refractivity contribution in [2.24, 2.45) is 0 Å². The Morgan fingerprint density at radius 2 is 1.97 bits per heavy atom. The number of rotatable bonds is 6. The minimum atomic E-state index is -1.01. The first-order chi connectivity index (χ1) is 18.7. The molecule has 2 N–H and O–H groups in total. The predicted octanol–water partition coefficient (Wildman–Crippen LogP) is 3.20. The van der Waals surface area contributed by atoms with E-state index >= 15 is 0 Å². The number of fused-ring (bicyclic) bond motifs is 2. The third-order valence-electron chi connectivity index (χ3n) is 7.84. The van der Waals surface area contributed by atoms with Crippen molar-refractivity contribution in [2.45, 2.75) is 44.9 Å². The standard InChI is InChI=1S/C29H34N8O2/c1-5-14-36-27(38)23-17-30-28(31-21-7-9-22(10-8-21)35-16-15-34(4)18-19(35)2)33-26(23)37(36)24-11-6-20-12-13-29(3,39)25(20)32-24/h5-11,17,19,39H,1,12-16,18H2,2-4H3,(H,30,31,33)/t19-,29+/m0/s1. The number of nitrogens with one attached hydrogen (secondary N) is 1. The maximum atomic E-state index is 13.3. The van der Waals surface area contributed by atoms with Crippen LogP contribution < -0.4 is 15.8 Å². The molecule has 2 atom stereocenters. The molecular weight excluding hydrogens is 492 g/mol. The average Bonchev–Trinajstić information content (AvgIpc) is 3.37. The second kappa shape index (κ2) is 9.62. The first kappa shape index (κ1) is 25.3. The first-order valence-corrected chi connectivity index (χ1v) is 13.4. The van der Waals surface area contributed by atoms with E-state index in [1.165, 1.54) is 5.69 Å². The van der Waals surface area contributed by atoms with Crippen LogP contribution in [0.5, 0.6) is 0 Å². The van der Waals surface area contributed by atoms with Gasteiger partial charge in [-0.1, -0.05) is 12.1 Å². The minimum absolute atomic E-state index is 0.226. The van der Waals surface area contributed by atoms with E-state index in [4.69, 9.17) is 9.97 Å². The van der Waals surface area contributed by atoms with Crippen LogP contribution in [0, 0.1) is 0 Å². The molecule has 1 aliphatic carbocycles. The maximum absolute atomic E-state index is 13.3. The summed E-state index contributed by atoms with van der Waals surface area (Å²) in [6.45, 7) is 11.2. The first-order valence-electron chi connectivity index (χ1n) is 13.4. The number of allylic oxidation sites excluding steroid dienone is 1. The van der Waals surface area contributed by atoms with Crippen LogP contribution in [-0.4, -0.2) is 67.0 Å². The number of piperazine rings is 1. The van der Waals surface area contributed by atoms with Crippen LogP contribution in [0.25, 0.3) is 16.9 Å². The molecule has 0 saturated carbocycles. The molecule has 3 aromatic heterocycles. The molecule has 1 fully saturated rings. The highest BCUT2D eigenvalue weighted by atomic mass is 16.3. The zero-order valence-electron chi connectivity index (χ0n) is 22.6. The van der Waals surface area contributed by atoms with Gasteiger partial charge in [0.25, 0.3) is 5.56 Å². The molecule has 4 heterocycles. The summed E-state index contributed by atoms with van der Waals surface area (Å²) in [6, 6.07) is 12.5. The Balaban J connectivity index is 1.35. The summed E-state index contributed by atoms with van der Waals surface area (Å²) >= 11 is 0. The van der Waals surface area contributed by atoms with Crippen molar-refractivity contribution in [1.82, 2.24) is 29.2 Å². The maximum Gasteiger partial charge on any atom is 0.278 e. The van der Waals surface area contributed by atoms with Crippen molar-refractivity contribution in [3.8, 4) is 5.82 Å². The number of anilines is 3. The molecule has 6 rings (SSSR count). The fourth-order valence-corrected chi connectivity index (χ4v) is 5.76. The monoisotopic (exact) mass is 526 g/mol. The molecule has 202 valence electrons. The third-order valence-corrected chi connectivity index (χ3v) is 7.84. The van der Waals surface area contributed by atoms with Gasteiger partial charge in [-0.3, -0.25) is 4.79 Å². The highest BCUT2D eigenvalue weighted by Crippen LogP contribution is 2.35. The summed E-state index contributed by atoms with van der Waals surface area (Å²) < 4.78 is 3.24. The quantitative estimate of drug-likeness (QED) is 0.369. The molecule has 0 bridgehead atoms. The van der Waals surface area contributed by atoms with Gasteiger partial charge in [-0.25, -0.2) is 19.3 Å². The summed E-state index contributed by atoms with van der Waals surface area (Å²) in [4.78, 5) is 32.0. The molecule has 4 aromatic rings. The van der Waals surface area contributed by atoms with E-state index in [0.717, 1.165) is 37.3 Å². The third kappa shape index (κ3) is 4.49. The summed E-state index contributed by atoms with van der Waals surface area (Å²) in [5.41, 5.74) is 2.90. The van der Waals surface area contributed by atoms with E-state index in [1.54, 1.807) is 28.6 Å². The molecule has 0 radical (unpaired) electrons. The van der Waals surface area contributed by atoms with Crippen LogP contribution in [0.2, 0.25) is 0 Å². The van der Waals surface area contributed by atoms with Gasteiger partial charge in [0.2, 0.25) is 5.95 Å². The molecule has 1 aromatic carbocycles. The Kier molecular flexibility index (Phi) is 6.23. The van der Waals surface area contributed by atoms with E-state index in [2.05, 4.69) is 52.8 Å². The number of hydrogen-bond donors (Lipinski definition) is 2. The van der Waals surface area contributed by atoms with Gasteiger partial charge in [0.15, 0.2) is 11.5 Å². The van der Waals surface area contributed by atoms with Crippen LogP contribution in [0.15, 0.2) is 60.0 Å². The summed E-state index contributed by atoms with van der Waals surface area (Å²) in [6.07, 6.45) is 4.60. The lowest BCUT2D eigenvalue weighted by molar-refractivity contribution is 0.0553. The number of aryl methyl sites for hydroxylation is 1. The van der Waals surface area contributed by atoms with Crippen LogP contribution in [0.4, 0.5) is 17.3 Å². The minimum Gasteiger partial charge on any atom is -0.384 e. The Morgan fingerprint density at radius 3 is 2.72 bits per heavy atom. The van der Waals surface area contributed by atoms with Gasteiger partial charge in [0.1, 0.15) is 11.0 Å². The van der Waals surface area contributed by atoms with Crippen molar-refractivity contribution in [2.75, 3.05) is 36.9 Å². The van der Waals surface area contributed by atoms with Crippen molar-refractivity contribution in [3.63, 3.8) is 0 Å². The smallest absolute Gasteiger partial charge is 0.278 e.